The maximum atomic E-state index is 13.1. The second-order valence-electron chi connectivity index (χ2n) is 11.2. The highest BCUT2D eigenvalue weighted by Crippen LogP contribution is 2.10. The van der Waals surface area contributed by atoms with Crippen molar-refractivity contribution >= 4 is 24.0 Å². The number of rotatable bonds is 13. The van der Waals surface area contributed by atoms with Gasteiger partial charge in [0, 0.05) is 12.7 Å². The lowest BCUT2D eigenvalue weighted by Gasteiger charge is -2.24. The van der Waals surface area contributed by atoms with Gasteiger partial charge in [-0.05, 0) is 63.3 Å². The lowest BCUT2D eigenvalue weighted by molar-refractivity contribution is -0.129. The second kappa shape index (κ2) is 16.6. The van der Waals surface area contributed by atoms with Crippen molar-refractivity contribution in [1.29, 1.82) is 0 Å². The number of ether oxygens (including phenoxy) is 2. The molecule has 0 aliphatic carbocycles. The van der Waals surface area contributed by atoms with E-state index in [-0.39, 0.29) is 19.7 Å². The van der Waals surface area contributed by atoms with Crippen molar-refractivity contribution in [2.24, 2.45) is 0 Å². The van der Waals surface area contributed by atoms with Gasteiger partial charge in [-0.1, -0.05) is 66.7 Å². The van der Waals surface area contributed by atoms with Gasteiger partial charge in [-0.25, -0.2) is 9.59 Å². The molecule has 0 saturated carbocycles. The molecule has 11 heteroatoms. The molecule has 2 atom stereocenters. The molecule has 1 heterocycles. The average Bonchev–Trinajstić information content (AvgIpc) is 3.00. The quantitative estimate of drug-likeness (QED) is 0.229. The van der Waals surface area contributed by atoms with Gasteiger partial charge in [0.15, 0.2) is 0 Å². The van der Waals surface area contributed by atoms with Gasteiger partial charge in [-0.2, -0.15) is 0 Å². The molecule has 0 spiro atoms. The molecular weight excluding hydrogens is 562 g/mol. The number of aromatic nitrogens is 1. The summed E-state index contributed by atoms with van der Waals surface area (Å²) in [5, 5.41) is 10.8. The summed E-state index contributed by atoms with van der Waals surface area (Å²) in [4.78, 5) is 54.6. The van der Waals surface area contributed by atoms with Gasteiger partial charge in [-0.15, -0.1) is 0 Å². The van der Waals surface area contributed by atoms with E-state index in [0.29, 0.717) is 18.5 Å². The molecule has 3 rings (SSSR count). The number of carbonyl (C=O) groups excluding carboxylic acids is 4. The van der Waals surface area contributed by atoms with Crippen molar-refractivity contribution in [3.8, 4) is 0 Å². The monoisotopic (exact) mass is 603 g/mol. The maximum Gasteiger partial charge on any atom is 0.408 e. The molecule has 0 radical (unpaired) electrons. The largest absolute Gasteiger partial charge is 0.445 e. The van der Waals surface area contributed by atoms with E-state index in [1.807, 2.05) is 60.7 Å². The fourth-order valence-corrected chi connectivity index (χ4v) is 4.00. The topological polar surface area (TPSA) is 148 Å². The molecule has 0 fully saturated rings. The van der Waals surface area contributed by atoms with E-state index in [2.05, 4.69) is 26.3 Å². The highest BCUT2D eigenvalue weighted by molar-refractivity contribution is 5.91. The maximum absolute atomic E-state index is 13.1. The molecule has 1 aromatic heterocycles. The summed E-state index contributed by atoms with van der Waals surface area (Å²) >= 11 is 0. The number of aryl methyl sites for hydroxylation is 1. The molecule has 0 unspecified atom stereocenters. The van der Waals surface area contributed by atoms with Crippen LogP contribution >= 0.6 is 0 Å². The summed E-state index contributed by atoms with van der Waals surface area (Å²) in [6.45, 7) is 7.33. The highest BCUT2D eigenvalue weighted by atomic mass is 16.6. The van der Waals surface area contributed by atoms with Gasteiger partial charge in [0.05, 0.1) is 12.2 Å². The van der Waals surface area contributed by atoms with Crippen LogP contribution in [-0.4, -0.2) is 46.7 Å². The number of alkyl carbamates (subject to hydrolysis) is 2. The first-order valence-electron chi connectivity index (χ1n) is 14.5. The third kappa shape index (κ3) is 12.5. The predicted molar refractivity (Wildman–Crippen MR) is 165 cm³/mol. The minimum Gasteiger partial charge on any atom is -0.445 e. The van der Waals surface area contributed by atoms with E-state index >= 15 is 0 Å². The van der Waals surface area contributed by atoms with Crippen LogP contribution in [0.15, 0.2) is 79.0 Å². The van der Waals surface area contributed by atoms with Crippen LogP contribution in [0, 0.1) is 0 Å². The van der Waals surface area contributed by atoms with Gasteiger partial charge < -0.3 is 30.7 Å². The molecule has 0 bridgehead atoms. The molecule has 0 aliphatic heterocycles. The number of carbonyl (C=O) groups is 4. The number of hydrogen-bond donors (Lipinski definition) is 4. The Morgan fingerprint density at radius 1 is 0.750 bits per heavy atom. The summed E-state index contributed by atoms with van der Waals surface area (Å²) < 4.78 is 10.5. The Kier molecular flexibility index (Phi) is 12.7. The van der Waals surface area contributed by atoms with Crippen LogP contribution < -0.4 is 21.3 Å². The zero-order chi connectivity index (χ0) is 32.0. The minimum absolute atomic E-state index is 0.173. The number of nitrogens with one attached hydrogen (secondary N) is 4. The smallest absolute Gasteiger partial charge is 0.408 e. The lowest BCUT2D eigenvalue weighted by atomic mass is 10.0. The van der Waals surface area contributed by atoms with Crippen LogP contribution in [0.1, 0.15) is 56.5 Å². The van der Waals surface area contributed by atoms with Gasteiger partial charge in [-0.3, -0.25) is 14.6 Å². The number of nitrogens with zero attached hydrogens (tertiary/aromatic N) is 1. The zero-order valence-corrected chi connectivity index (χ0v) is 25.6. The van der Waals surface area contributed by atoms with Crippen molar-refractivity contribution in [2.45, 2.75) is 77.9 Å². The molecule has 44 heavy (non-hydrogen) atoms. The molecule has 234 valence electrons. The third-order valence-corrected chi connectivity index (χ3v) is 6.30. The van der Waals surface area contributed by atoms with Crippen LogP contribution in [-0.2, 0) is 45.2 Å². The summed E-state index contributed by atoms with van der Waals surface area (Å²) in [7, 11) is 0. The summed E-state index contributed by atoms with van der Waals surface area (Å²) in [5.41, 5.74) is 2.54. The Bertz CT molecular complexity index is 1360. The van der Waals surface area contributed by atoms with Crippen molar-refractivity contribution < 1.29 is 28.7 Å². The van der Waals surface area contributed by atoms with E-state index in [9.17, 15) is 19.2 Å². The molecule has 0 aliphatic rings. The number of benzene rings is 2. The minimum atomic E-state index is -0.902. The first kappa shape index (κ1) is 33.6. The van der Waals surface area contributed by atoms with E-state index in [1.165, 1.54) is 0 Å². The molecule has 0 saturated heterocycles. The Balaban J connectivity index is 1.45. The molecule has 11 nitrogen and oxygen atoms in total. The fraction of sp³-hybridized carbons (Fsp3) is 0.364. The van der Waals surface area contributed by atoms with Crippen LogP contribution in [0.4, 0.5) is 9.59 Å². The Hall–Kier alpha value is -4.93. The average molecular weight is 604 g/mol. The Labute approximate surface area is 258 Å². The standard InChI is InChI=1S/C33H41N5O6/c1-23(37-30(40)28(38-32(42)44-33(2,3)4)18-16-24-11-7-5-8-12-24)29(39)35-20-26-15-17-27(34-19-26)21-36-31(41)43-22-25-13-9-6-10-14-25/h5-15,17,19,23,28H,16,18,20-22H2,1-4H3,(H,35,39)(H,36,41)(H,37,40)(H,38,42)/t23-,28+/m0/s1. The van der Waals surface area contributed by atoms with Crippen molar-refractivity contribution in [3.05, 3.63) is 101 Å². The number of pyridine rings is 1. The molecule has 3 aromatic rings. The normalized spacial score (nSPS) is 12.3. The first-order valence-corrected chi connectivity index (χ1v) is 14.5. The van der Waals surface area contributed by atoms with Crippen molar-refractivity contribution in [3.63, 3.8) is 0 Å². The molecular formula is C33H41N5O6. The Morgan fingerprint density at radius 2 is 1.41 bits per heavy atom. The number of hydrogen-bond acceptors (Lipinski definition) is 7. The lowest BCUT2D eigenvalue weighted by Crippen LogP contribution is -2.53. The van der Waals surface area contributed by atoms with Crippen molar-refractivity contribution in [2.75, 3.05) is 0 Å². The zero-order valence-electron chi connectivity index (χ0n) is 25.6. The summed E-state index contributed by atoms with van der Waals surface area (Å²) in [5.74, 6) is -0.889. The van der Waals surface area contributed by atoms with Gasteiger partial charge in [0.1, 0.15) is 24.3 Å². The molecule has 2 aromatic carbocycles. The van der Waals surface area contributed by atoms with Crippen LogP contribution in [0.3, 0.4) is 0 Å². The molecule has 4 N–H and O–H groups in total. The predicted octanol–water partition coefficient (Wildman–Crippen LogP) is 4.16. The van der Waals surface area contributed by atoms with Crippen LogP contribution in [0.5, 0.6) is 0 Å². The van der Waals surface area contributed by atoms with Gasteiger partial charge in [0.2, 0.25) is 11.8 Å². The van der Waals surface area contributed by atoms with Gasteiger partial charge in [0.25, 0.3) is 0 Å². The Morgan fingerprint density at radius 3 is 2.02 bits per heavy atom. The second-order valence-corrected chi connectivity index (χ2v) is 11.2. The third-order valence-electron chi connectivity index (χ3n) is 6.30. The number of amides is 4. The van der Waals surface area contributed by atoms with E-state index in [1.54, 1.807) is 46.0 Å². The van der Waals surface area contributed by atoms with Crippen LogP contribution in [0.2, 0.25) is 0 Å². The van der Waals surface area contributed by atoms with Gasteiger partial charge >= 0.3 is 12.2 Å². The SMILES string of the molecule is C[C@H](NC(=O)[C@@H](CCc1ccccc1)NC(=O)OC(C)(C)C)C(=O)NCc1ccc(CNC(=O)OCc2ccccc2)nc1. The first-order chi connectivity index (χ1) is 21.0. The van der Waals surface area contributed by atoms with E-state index in [0.717, 1.165) is 16.7 Å². The van der Waals surface area contributed by atoms with Crippen LogP contribution in [0.25, 0.3) is 0 Å². The van der Waals surface area contributed by atoms with Crippen molar-refractivity contribution in [1.82, 2.24) is 26.3 Å². The summed E-state index contributed by atoms with van der Waals surface area (Å²) in [6, 6.07) is 20.7. The highest BCUT2D eigenvalue weighted by Gasteiger charge is 2.26. The fourth-order valence-electron chi connectivity index (χ4n) is 4.00. The van der Waals surface area contributed by atoms with E-state index in [4.69, 9.17) is 9.47 Å². The summed E-state index contributed by atoms with van der Waals surface area (Å²) in [6.07, 6.45) is 1.20. The molecule has 4 amide bonds. The van der Waals surface area contributed by atoms with E-state index < -0.39 is 41.7 Å².